The summed E-state index contributed by atoms with van der Waals surface area (Å²) in [6.07, 6.45) is 5.74. The molecule has 72 valence electrons. The van der Waals surface area contributed by atoms with E-state index in [-0.39, 0.29) is 5.69 Å². The SMILES string of the molecule is O=C(O)c1ccc(N2CC=CC2)cn1. The summed E-state index contributed by atoms with van der Waals surface area (Å²) in [4.78, 5) is 16.5. The van der Waals surface area contributed by atoms with E-state index in [9.17, 15) is 4.79 Å². The molecule has 0 radical (unpaired) electrons. The number of hydrogen-bond acceptors (Lipinski definition) is 3. The van der Waals surface area contributed by atoms with E-state index >= 15 is 0 Å². The predicted octanol–water partition coefficient (Wildman–Crippen LogP) is 1.16. The average molecular weight is 190 g/mol. The largest absolute Gasteiger partial charge is 0.477 e. The molecule has 1 aliphatic rings. The number of rotatable bonds is 2. The lowest BCUT2D eigenvalue weighted by molar-refractivity contribution is 0.0690. The normalized spacial score (nSPS) is 14.7. The molecule has 4 heteroatoms. The fourth-order valence-electron chi connectivity index (χ4n) is 1.39. The molecule has 0 aliphatic carbocycles. The number of aromatic nitrogens is 1. The maximum absolute atomic E-state index is 10.5. The molecular weight excluding hydrogens is 180 g/mol. The molecule has 1 aliphatic heterocycles. The van der Waals surface area contributed by atoms with Gasteiger partial charge in [0, 0.05) is 13.1 Å². The Kier molecular flexibility index (Phi) is 2.18. The second-order valence-electron chi connectivity index (χ2n) is 3.08. The lowest BCUT2D eigenvalue weighted by Gasteiger charge is -2.16. The Bertz CT molecular complexity index is 362. The zero-order valence-electron chi connectivity index (χ0n) is 7.55. The lowest BCUT2D eigenvalue weighted by atomic mass is 10.3. The van der Waals surface area contributed by atoms with Crippen LogP contribution >= 0.6 is 0 Å². The molecule has 14 heavy (non-hydrogen) atoms. The minimum absolute atomic E-state index is 0.0842. The monoisotopic (exact) mass is 190 g/mol. The summed E-state index contributed by atoms with van der Waals surface area (Å²) in [5.74, 6) is -0.990. The van der Waals surface area contributed by atoms with Gasteiger partial charge in [-0.3, -0.25) is 0 Å². The van der Waals surface area contributed by atoms with Crippen molar-refractivity contribution in [3.63, 3.8) is 0 Å². The zero-order chi connectivity index (χ0) is 9.97. The van der Waals surface area contributed by atoms with Gasteiger partial charge in [0.05, 0.1) is 11.9 Å². The van der Waals surface area contributed by atoms with E-state index < -0.39 is 5.97 Å². The van der Waals surface area contributed by atoms with Crippen LogP contribution in [0.15, 0.2) is 30.5 Å². The summed E-state index contributed by atoms with van der Waals surface area (Å²) in [5.41, 5.74) is 1.04. The minimum Gasteiger partial charge on any atom is -0.477 e. The molecule has 0 atom stereocenters. The number of carboxylic acid groups (broad SMARTS) is 1. The summed E-state index contributed by atoms with van der Waals surface area (Å²) >= 11 is 0. The topological polar surface area (TPSA) is 53.4 Å². The Labute approximate surface area is 81.5 Å². The van der Waals surface area contributed by atoms with Gasteiger partial charge in [-0.05, 0) is 12.1 Å². The molecule has 2 heterocycles. The third-order valence-corrected chi connectivity index (χ3v) is 2.15. The smallest absolute Gasteiger partial charge is 0.354 e. The first kappa shape index (κ1) is 8.74. The highest BCUT2D eigenvalue weighted by atomic mass is 16.4. The fourth-order valence-corrected chi connectivity index (χ4v) is 1.39. The van der Waals surface area contributed by atoms with E-state index in [0.29, 0.717) is 0 Å². The van der Waals surface area contributed by atoms with Crippen LogP contribution in [0.4, 0.5) is 5.69 Å². The van der Waals surface area contributed by atoms with Crippen molar-refractivity contribution in [2.24, 2.45) is 0 Å². The number of aromatic carboxylic acids is 1. The summed E-state index contributed by atoms with van der Waals surface area (Å²) in [6.45, 7) is 1.74. The first-order valence-corrected chi connectivity index (χ1v) is 4.36. The second-order valence-corrected chi connectivity index (χ2v) is 3.08. The van der Waals surface area contributed by atoms with Crippen molar-refractivity contribution in [3.05, 3.63) is 36.2 Å². The van der Waals surface area contributed by atoms with Crippen LogP contribution in [0.1, 0.15) is 10.5 Å². The van der Waals surface area contributed by atoms with Crippen LogP contribution in [0.2, 0.25) is 0 Å². The molecular formula is C10H10N2O2. The molecule has 0 saturated carbocycles. The van der Waals surface area contributed by atoms with Crippen LogP contribution < -0.4 is 4.90 Å². The highest BCUT2D eigenvalue weighted by Crippen LogP contribution is 2.15. The van der Waals surface area contributed by atoms with Gasteiger partial charge in [-0.1, -0.05) is 12.2 Å². The molecule has 0 spiro atoms. The van der Waals surface area contributed by atoms with E-state index in [2.05, 4.69) is 22.0 Å². The van der Waals surface area contributed by atoms with Crippen LogP contribution in [-0.4, -0.2) is 29.1 Å². The average Bonchev–Trinajstić information content (AvgIpc) is 2.71. The molecule has 0 amide bonds. The van der Waals surface area contributed by atoms with Crippen molar-refractivity contribution >= 4 is 11.7 Å². The predicted molar refractivity (Wildman–Crippen MR) is 52.5 cm³/mol. The quantitative estimate of drug-likeness (QED) is 0.711. The Morgan fingerprint density at radius 2 is 2.07 bits per heavy atom. The summed E-state index contributed by atoms with van der Waals surface area (Å²) in [5, 5.41) is 8.65. The highest BCUT2D eigenvalue weighted by Gasteiger charge is 2.09. The molecule has 0 saturated heterocycles. The van der Waals surface area contributed by atoms with Gasteiger partial charge in [-0.2, -0.15) is 0 Å². The molecule has 4 nitrogen and oxygen atoms in total. The molecule has 2 rings (SSSR count). The molecule has 0 fully saturated rings. The van der Waals surface area contributed by atoms with Gasteiger partial charge in [-0.15, -0.1) is 0 Å². The van der Waals surface area contributed by atoms with Crippen molar-refractivity contribution < 1.29 is 9.90 Å². The zero-order valence-corrected chi connectivity index (χ0v) is 7.55. The molecule has 0 unspecified atom stereocenters. The Morgan fingerprint density at radius 3 is 2.57 bits per heavy atom. The molecule has 0 aromatic carbocycles. The minimum atomic E-state index is -0.990. The van der Waals surface area contributed by atoms with Crippen molar-refractivity contribution in [2.75, 3.05) is 18.0 Å². The summed E-state index contributed by atoms with van der Waals surface area (Å²) in [7, 11) is 0. The number of hydrogen-bond donors (Lipinski definition) is 1. The third kappa shape index (κ3) is 1.59. The maximum Gasteiger partial charge on any atom is 0.354 e. The fraction of sp³-hybridized carbons (Fsp3) is 0.200. The van der Waals surface area contributed by atoms with Gasteiger partial charge in [0.2, 0.25) is 0 Å². The summed E-state index contributed by atoms with van der Waals surface area (Å²) < 4.78 is 0. The van der Waals surface area contributed by atoms with E-state index in [0.717, 1.165) is 18.8 Å². The lowest BCUT2D eigenvalue weighted by Crippen LogP contribution is -2.18. The first-order valence-electron chi connectivity index (χ1n) is 4.36. The number of carboxylic acids is 1. The first-order chi connectivity index (χ1) is 6.77. The molecule has 0 bridgehead atoms. The van der Waals surface area contributed by atoms with Gasteiger partial charge in [0.15, 0.2) is 0 Å². The van der Waals surface area contributed by atoms with E-state index in [1.54, 1.807) is 12.3 Å². The van der Waals surface area contributed by atoms with E-state index in [1.807, 2.05) is 0 Å². The summed E-state index contributed by atoms with van der Waals surface area (Å²) in [6, 6.07) is 3.30. The van der Waals surface area contributed by atoms with Gasteiger partial charge in [0.25, 0.3) is 0 Å². The second kappa shape index (κ2) is 3.49. The number of carbonyl (C=O) groups is 1. The highest BCUT2D eigenvalue weighted by molar-refractivity contribution is 5.85. The van der Waals surface area contributed by atoms with Gasteiger partial charge in [0.1, 0.15) is 5.69 Å². The number of nitrogens with zero attached hydrogens (tertiary/aromatic N) is 2. The van der Waals surface area contributed by atoms with Crippen molar-refractivity contribution in [3.8, 4) is 0 Å². The molecule has 1 N–H and O–H groups in total. The standard InChI is InChI=1S/C10H10N2O2/c13-10(14)9-4-3-8(7-11-9)12-5-1-2-6-12/h1-4,7H,5-6H2,(H,13,14). The van der Waals surface area contributed by atoms with Crippen LogP contribution in [-0.2, 0) is 0 Å². The van der Waals surface area contributed by atoms with Gasteiger partial charge < -0.3 is 10.0 Å². The van der Waals surface area contributed by atoms with Crippen LogP contribution in [0.5, 0.6) is 0 Å². The number of pyridine rings is 1. The Morgan fingerprint density at radius 1 is 1.36 bits per heavy atom. The van der Waals surface area contributed by atoms with E-state index in [1.165, 1.54) is 6.07 Å². The van der Waals surface area contributed by atoms with Crippen LogP contribution in [0.3, 0.4) is 0 Å². The number of anilines is 1. The van der Waals surface area contributed by atoms with Crippen molar-refractivity contribution in [2.45, 2.75) is 0 Å². The van der Waals surface area contributed by atoms with Crippen LogP contribution in [0.25, 0.3) is 0 Å². The maximum atomic E-state index is 10.5. The molecule has 1 aromatic heterocycles. The van der Waals surface area contributed by atoms with Crippen LogP contribution in [0, 0.1) is 0 Å². The van der Waals surface area contributed by atoms with Crippen molar-refractivity contribution in [1.82, 2.24) is 4.98 Å². The van der Waals surface area contributed by atoms with Crippen molar-refractivity contribution in [1.29, 1.82) is 0 Å². The Balaban J connectivity index is 2.17. The molecule has 1 aromatic rings. The Hall–Kier alpha value is -1.84. The van der Waals surface area contributed by atoms with Gasteiger partial charge >= 0.3 is 5.97 Å². The van der Waals surface area contributed by atoms with E-state index in [4.69, 9.17) is 5.11 Å². The third-order valence-electron chi connectivity index (χ3n) is 2.15. The van der Waals surface area contributed by atoms with Gasteiger partial charge in [-0.25, -0.2) is 9.78 Å².